The number of nitrogens with zero attached hydrogens (tertiary/aromatic N) is 2. The van der Waals surface area contributed by atoms with Crippen LogP contribution in [0.4, 0.5) is 0 Å². The SMILES string of the molecule is O=C(CCC1CCCC1)NCc1cccnc1-c1ccncc1. The van der Waals surface area contributed by atoms with Gasteiger partial charge in [-0.25, -0.2) is 0 Å². The van der Waals surface area contributed by atoms with E-state index in [2.05, 4.69) is 15.3 Å². The standard InChI is InChI=1S/C19H23N3O/c23-18(8-7-15-4-1-2-5-15)22-14-17-6-3-11-21-19(17)16-9-12-20-13-10-16/h3,6,9-13,15H,1-2,4-5,7-8,14H2,(H,22,23). The summed E-state index contributed by atoms with van der Waals surface area (Å²) in [4.78, 5) is 20.6. The van der Waals surface area contributed by atoms with E-state index in [1.165, 1.54) is 25.7 Å². The third-order valence-corrected chi connectivity index (χ3v) is 4.58. The van der Waals surface area contributed by atoms with Crippen LogP contribution in [-0.4, -0.2) is 15.9 Å². The number of aromatic nitrogens is 2. The fourth-order valence-electron chi connectivity index (χ4n) is 3.27. The van der Waals surface area contributed by atoms with Crippen molar-refractivity contribution in [3.63, 3.8) is 0 Å². The molecule has 2 aromatic rings. The fraction of sp³-hybridized carbons (Fsp3) is 0.421. The second-order valence-electron chi connectivity index (χ2n) is 6.21. The molecule has 0 unspecified atom stereocenters. The monoisotopic (exact) mass is 309 g/mol. The number of nitrogens with one attached hydrogen (secondary N) is 1. The number of hydrogen-bond acceptors (Lipinski definition) is 3. The zero-order valence-electron chi connectivity index (χ0n) is 13.4. The zero-order valence-corrected chi connectivity index (χ0v) is 13.4. The van der Waals surface area contributed by atoms with Gasteiger partial charge >= 0.3 is 0 Å². The van der Waals surface area contributed by atoms with Crippen molar-refractivity contribution in [1.82, 2.24) is 15.3 Å². The summed E-state index contributed by atoms with van der Waals surface area (Å²) < 4.78 is 0. The van der Waals surface area contributed by atoms with Crippen LogP contribution in [0.5, 0.6) is 0 Å². The first-order chi connectivity index (χ1) is 11.3. The summed E-state index contributed by atoms with van der Waals surface area (Å²) in [5.41, 5.74) is 2.97. The maximum absolute atomic E-state index is 12.1. The molecule has 1 aliphatic rings. The predicted octanol–water partition coefficient (Wildman–Crippen LogP) is 3.73. The Hall–Kier alpha value is -2.23. The highest BCUT2D eigenvalue weighted by Crippen LogP contribution is 2.28. The number of rotatable bonds is 6. The Morgan fingerprint density at radius 2 is 1.91 bits per heavy atom. The maximum atomic E-state index is 12.1. The highest BCUT2D eigenvalue weighted by molar-refractivity contribution is 5.76. The largest absolute Gasteiger partial charge is 0.352 e. The molecule has 1 amide bonds. The molecule has 2 heterocycles. The number of carbonyl (C=O) groups is 1. The van der Waals surface area contributed by atoms with Gasteiger partial charge in [-0.3, -0.25) is 14.8 Å². The minimum Gasteiger partial charge on any atom is -0.352 e. The van der Waals surface area contributed by atoms with Crippen LogP contribution in [0.3, 0.4) is 0 Å². The molecule has 0 bridgehead atoms. The molecule has 120 valence electrons. The summed E-state index contributed by atoms with van der Waals surface area (Å²) in [6.07, 6.45) is 12.2. The Balaban J connectivity index is 1.56. The first-order valence-electron chi connectivity index (χ1n) is 8.44. The van der Waals surface area contributed by atoms with Gasteiger partial charge in [-0.1, -0.05) is 31.7 Å². The average molecular weight is 309 g/mol. The average Bonchev–Trinajstić information content (AvgIpc) is 3.13. The lowest BCUT2D eigenvalue weighted by Gasteiger charge is -2.11. The molecule has 3 rings (SSSR count). The molecule has 0 aliphatic heterocycles. The lowest BCUT2D eigenvalue weighted by molar-refractivity contribution is -0.121. The third-order valence-electron chi connectivity index (χ3n) is 4.58. The summed E-state index contributed by atoms with van der Waals surface area (Å²) in [5.74, 6) is 0.896. The van der Waals surface area contributed by atoms with Crippen LogP contribution < -0.4 is 5.32 Å². The van der Waals surface area contributed by atoms with Crippen molar-refractivity contribution in [1.29, 1.82) is 0 Å². The van der Waals surface area contributed by atoms with Crippen molar-refractivity contribution in [2.75, 3.05) is 0 Å². The summed E-state index contributed by atoms with van der Waals surface area (Å²) in [7, 11) is 0. The molecule has 0 atom stereocenters. The van der Waals surface area contributed by atoms with Crippen LogP contribution in [0.1, 0.15) is 44.1 Å². The van der Waals surface area contributed by atoms with Crippen molar-refractivity contribution in [2.24, 2.45) is 5.92 Å². The molecule has 0 radical (unpaired) electrons. The smallest absolute Gasteiger partial charge is 0.220 e. The van der Waals surface area contributed by atoms with E-state index < -0.39 is 0 Å². The Bertz CT molecular complexity index is 636. The second kappa shape index (κ2) is 7.86. The topological polar surface area (TPSA) is 54.9 Å². The number of carbonyl (C=O) groups excluding carboxylic acids is 1. The van der Waals surface area contributed by atoms with Crippen molar-refractivity contribution < 1.29 is 4.79 Å². The molecule has 1 N–H and O–H groups in total. The van der Waals surface area contributed by atoms with Gasteiger partial charge in [0.2, 0.25) is 5.91 Å². The van der Waals surface area contributed by atoms with Crippen molar-refractivity contribution >= 4 is 5.91 Å². The first-order valence-corrected chi connectivity index (χ1v) is 8.44. The minimum absolute atomic E-state index is 0.140. The summed E-state index contributed by atoms with van der Waals surface area (Å²) >= 11 is 0. The van der Waals surface area contributed by atoms with E-state index in [4.69, 9.17) is 0 Å². The quantitative estimate of drug-likeness (QED) is 0.884. The van der Waals surface area contributed by atoms with Crippen molar-refractivity contribution in [3.05, 3.63) is 48.4 Å². The number of pyridine rings is 2. The third kappa shape index (κ3) is 4.38. The van der Waals surface area contributed by atoms with Gasteiger partial charge < -0.3 is 5.32 Å². The molecule has 0 saturated heterocycles. The van der Waals surface area contributed by atoms with Gasteiger partial charge in [-0.15, -0.1) is 0 Å². The second-order valence-corrected chi connectivity index (χ2v) is 6.21. The fourth-order valence-corrected chi connectivity index (χ4v) is 3.27. The van der Waals surface area contributed by atoms with E-state index in [0.29, 0.717) is 13.0 Å². The van der Waals surface area contributed by atoms with E-state index >= 15 is 0 Å². The molecular formula is C19H23N3O. The lowest BCUT2D eigenvalue weighted by Crippen LogP contribution is -2.23. The van der Waals surface area contributed by atoms with Crippen LogP contribution in [0.25, 0.3) is 11.3 Å². The minimum atomic E-state index is 0.140. The number of hydrogen-bond donors (Lipinski definition) is 1. The highest BCUT2D eigenvalue weighted by atomic mass is 16.1. The van der Waals surface area contributed by atoms with Gasteiger partial charge in [0, 0.05) is 37.1 Å². The number of amides is 1. The van der Waals surface area contributed by atoms with Gasteiger partial charge in [0.1, 0.15) is 0 Å². The summed E-state index contributed by atoms with van der Waals surface area (Å²) in [6, 6.07) is 7.80. The molecule has 1 aliphatic carbocycles. The van der Waals surface area contributed by atoms with Gasteiger partial charge in [0.15, 0.2) is 0 Å². The Kier molecular flexibility index (Phi) is 5.35. The Labute approximate surface area is 137 Å². The lowest BCUT2D eigenvalue weighted by atomic mass is 10.0. The maximum Gasteiger partial charge on any atom is 0.220 e. The summed E-state index contributed by atoms with van der Waals surface area (Å²) in [5, 5.41) is 3.04. The van der Waals surface area contributed by atoms with E-state index in [-0.39, 0.29) is 5.91 Å². The van der Waals surface area contributed by atoms with Gasteiger partial charge in [0.05, 0.1) is 5.69 Å². The molecule has 2 aromatic heterocycles. The molecular weight excluding hydrogens is 286 g/mol. The molecule has 1 saturated carbocycles. The molecule has 0 spiro atoms. The van der Waals surface area contributed by atoms with Crippen LogP contribution >= 0.6 is 0 Å². The van der Waals surface area contributed by atoms with Crippen molar-refractivity contribution in [2.45, 2.75) is 45.1 Å². The Morgan fingerprint density at radius 1 is 1.13 bits per heavy atom. The van der Waals surface area contributed by atoms with Crippen LogP contribution in [0.2, 0.25) is 0 Å². The van der Waals surface area contributed by atoms with Gasteiger partial charge in [0.25, 0.3) is 0 Å². The molecule has 1 fully saturated rings. The summed E-state index contributed by atoms with van der Waals surface area (Å²) in [6.45, 7) is 0.523. The molecule has 4 nitrogen and oxygen atoms in total. The predicted molar refractivity (Wildman–Crippen MR) is 90.5 cm³/mol. The first kappa shape index (κ1) is 15.7. The van der Waals surface area contributed by atoms with E-state index in [1.807, 2.05) is 24.3 Å². The van der Waals surface area contributed by atoms with Crippen LogP contribution in [0, 0.1) is 5.92 Å². The van der Waals surface area contributed by atoms with E-state index in [0.717, 1.165) is 29.2 Å². The van der Waals surface area contributed by atoms with Crippen LogP contribution in [-0.2, 0) is 11.3 Å². The van der Waals surface area contributed by atoms with Crippen molar-refractivity contribution in [3.8, 4) is 11.3 Å². The van der Waals surface area contributed by atoms with E-state index in [1.54, 1.807) is 18.6 Å². The zero-order chi connectivity index (χ0) is 15.9. The van der Waals surface area contributed by atoms with Crippen LogP contribution in [0.15, 0.2) is 42.9 Å². The van der Waals surface area contributed by atoms with Gasteiger partial charge in [-0.2, -0.15) is 0 Å². The van der Waals surface area contributed by atoms with Gasteiger partial charge in [-0.05, 0) is 36.1 Å². The Morgan fingerprint density at radius 3 is 2.70 bits per heavy atom. The van der Waals surface area contributed by atoms with E-state index in [9.17, 15) is 4.79 Å². The highest BCUT2D eigenvalue weighted by Gasteiger charge is 2.16. The molecule has 4 heteroatoms. The normalized spacial score (nSPS) is 14.8. The molecule has 23 heavy (non-hydrogen) atoms. The molecule has 0 aromatic carbocycles.